The molecule has 0 spiro atoms. The van der Waals surface area contributed by atoms with Gasteiger partial charge in [0.2, 0.25) is 0 Å². The topological polar surface area (TPSA) is 56.8 Å². The second-order valence-electron chi connectivity index (χ2n) is 10.2. The molecule has 1 saturated carbocycles. The minimum atomic E-state index is -0.460. The fraction of sp³-hybridized carbons (Fsp3) is 0.519. The fourth-order valence-corrected chi connectivity index (χ4v) is 4.46. The van der Waals surface area contributed by atoms with Crippen molar-refractivity contribution in [3.63, 3.8) is 0 Å². The maximum atomic E-state index is 13.0. The third-order valence-electron chi connectivity index (χ3n) is 7.19. The van der Waals surface area contributed by atoms with Crippen molar-refractivity contribution in [2.75, 3.05) is 6.54 Å². The van der Waals surface area contributed by atoms with Gasteiger partial charge in [-0.25, -0.2) is 4.79 Å². The first-order valence-corrected chi connectivity index (χ1v) is 12.2. The van der Waals surface area contributed by atoms with Gasteiger partial charge < -0.3 is 19.4 Å². The average Bonchev–Trinajstić information content (AvgIpc) is 3.37. The van der Waals surface area contributed by atoms with Gasteiger partial charge in [0.1, 0.15) is 12.1 Å². The largest absolute Gasteiger partial charge is 0.494 e. The Balaban J connectivity index is 1.39. The monoisotopic (exact) mass is 449 g/mol. The zero-order chi connectivity index (χ0) is 23.5. The highest BCUT2D eigenvalue weighted by molar-refractivity contribution is 6.62. The van der Waals surface area contributed by atoms with Crippen LogP contribution in [-0.4, -0.2) is 36.9 Å². The molecular weight excluding hydrogens is 413 g/mol. The maximum absolute atomic E-state index is 13.0. The van der Waals surface area contributed by atoms with Gasteiger partial charge in [-0.1, -0.05) is 54.6 Å². The highest BCUT2D eigenvalue weighted by Gasteiger charge is 2.51. The first kappa shape index (κ1) is 24.0. The van der Waals surface area contributed by atoms with Crippen molar-refractivity contribution in [2.24, 2.45) is 0 Å². The van der Waals surface area contributed by atoms with Gasteiger partial charge >= 0.3 is 13.1 Å². The van der Waals surface area contributed by atoms with E-state index in [-0.39, 0.29) is 30.4 Å². The normalized spacial score (nSPS) is 20.7. The van der Waals surface area contributed by atoms with Crippen molar-refractivity contribution in [3.05, 3.63) is 65.7 Å². The fourth-order valence-electron chi connectivity index (χ4n) is 4.46. The van der Waals surface area contributed by atoms with Crippen molar-refractivity contribution in [1.82, 2.24) is 5.32 Å². The number of ether oxygens (including phenoxy) is 1. The van der Waals surface area contributed by atoms with Crippen LogP contribution >= 0.6 is 0 Å². The van der Waals surface area contributed by atoms with Gasteiger partial charge in [0.25, 0.3) is 0 Å². The zero-order valence-corrected chi connectivity index (χ0v) is 20.3. The summed E-state index contributed by atoms with van der Waals surface area (Å²) in [5, 5.41) is 3.44. The Morgan fingerprint density at radius 2 is 1.70 bits per heavy atom. The van der Waals surface area contributed by atoms with Crippen LogP contribution in [0.4, 0.5) is 0 Å². The molecule has 33 heavy (non-hydrogen) atoms. The van der Waals surface area contributed by atoms with E-state index in [4.69, 9.17) is 14.0 Å². The second-order valence-corrected chi connectivity index (χ2v) is 10.2. The number of carbonyl (C=O) groups excluding carboxylic acids is 1. The number of hydrogen-bond donors (Lipinski definition) is 1. The van der Waals surface area contributed by atoms with E-state index in [9.17, 15) is 4.79 Å². The van der Waals surface area contributed by atoms with Gasteiger partial charge in [-0.3, -0.25) is 0 Å². The molecule has 2 aromatic carbocycles. The average molecular weight is 449 g/mol. The standard InChI is InChI=1S/C27H36BNO4/c1-26(2)27(3,4)33-28(32-26)22-14-10-11-20(19-22)17-18-29-24(21-12-6-5-7-13-21)25(30)31-23-15-8-9-16-23/h5-7,10-14,19,23-24,29H,8-9,15-18H2,1-4H3/t24-/m0/s1. The molecule has 1 saturated heterocycles. The SMILES string of the molecule is CC1(C)OB(c2cccc(CCN[C@H](C(=O)OC3CCCC3)c3ccccc3)c2)OC1(C)C. The molecule has 1 aliphatic heterocycles. The van der Waals surface area contributed by atoms with Gasteiger partial charge in [-0.15, -0.1) is 0 Å². The van der Waals surface area contributed by atoms with Gasteiger partial charge in [0.05, 0.1) is 11.2 Å². The van der Waals surface area contributed by atoms with Gasteiger partial charge in [0, 0.05) is 6.54 Å². The lowest BCUT2D eigenvalue weighted by Crippen LogP contribution is -2.41. The van der Waals surface area contributed by atoms with E-state index in [0.717, 1.165) is 43.1 Å². The quantitative estimate of drug-likeness (QED) is 0.480. The summed E-state index contributed by atoms with van der Waals surface area (Å²) in [6.07, 6.45) is 5.06. The Morgan fingerprint density at radius 1 is 1.03 bits per heavy atom. The Bertz CT molecular complexity index is 924. The van der Waals surface area contributed by atoms with Crippen LogP contribution in [0.25, 0.3) is 0 Å². The van der Waals surface area contributed by atoms with Crippen LogP contribution in [0.5, 0.6) is 0 Å². The summed E-state index contributed by atoms with van der Waals surface area (Å²) in [5.74, 6) is -0.181. The second kappa shape index (κ2) is 10.0. The molecule has 1 atom stereocenters. The Labute approximate surface area is 198 Å². The summed E-state index contributed by atoms with van der Waals surface area (Å²) in [4.78, 5) is 13.0. The molecule has 2 aliphatic rings. The highest BCUT2D eigenvalue weighted by atomic mass is 16.7. The number of benzene rings is 2. The summed E-state index contributed by atoms with van der Waals surface area (Å²) in [7, 11) is -0.374. The number of nitrogens with one attached hydrogen (secondary N) is 1. The minimum Gasteiger partial charge on any atom is -0.461 e. The van der Waals surface area contributed by atoms with E-state index in [2.05, 4.69) is 45.1 Å². The summed E-state index contributed by atoms with van der Waals surface area (Å²) >= 11 is 0. The maximum Gasteiger partial charge on any atom is 0.494 e. The summed E-state index contributed by atoms with van der Waals surface area (Å²) in [6.45, 7) is 8.92. The lowest BCUT2D eigenvalue weighted by atomic mass is 9.78. The predicted octanol–water partition coefficient (Wildman–Crippen LogP) is 4.35. The zero-order valence-electron chi connectivity index (χ0n) is 20.3. The van der Waals surface area contributed by atoms with Gasteiger partial charge in [-0.2, -0.15) is 0 Å². The summed E-state index contributed by atoms with van der Waals surface area (Å²) < 4.78 is 18.2. The summed E-state index contributed by atoms with van der Waals surface area (Å²) in [5.41, 5.74) is 2.40. The Morgan fingerprint density at radius 3 is 2.36 bits per heavy atom. The van der Waals surface area contributed by atoms with Crippen LogP contribution in [0.3, 0.4) is 0 Å². The smallest absolute Gasteiger partial charge is 0.461 e. The van der Waals surface area contributed by atoms with Crippen LogP contribution in [-0.2, 0) is 25.3 Å². The van der Waals surface area contributed by atoms with Gasteiger partial charge in [-0.05, 0) is 76.4 Å². The van der Waals surface area contributed by atoms with E-state index in [1.165, 1.54) is 5.56 Å². The van der Waals surface area contributed by atoms with E-state index in [1.807, 2.05) is 42.5 Å². The molecule has 4 rings (SSSR count). The first-order chi connectivity index (χ1) is 15.7. The molecule has 0 amide bonds. The van der Waals surface area contributed by atoms with Crippen molar-refractivity contribution < 1.29 is 18.8 Å². The van der Waals surface area contributed by atoms with Crippen LogP contribution in [0.15, 0.2) is 54.6 Å². The number of rotatable bonds is 8. The highest BCUT2D eigenvalue weighted by Crippen LogP contribution is 2.36. The van der Waals surface area contributed by atoms with Crippen LogP contribution < -0.4 is 10.8 Å². The van der Waals surface area contributed by atoms with Crippen LogP contribution in [0.2, 0.25) is 0 Å². The third-order valence-corrected chi connectivity index (χ3v) is 7.19. The van der Waals surface area contributed by atoms with E-state index >= 15 is 0 Å². The summed E-state index contributed by atoms with van der Waals surface area (Å²) in [6, 6.07) is 17.7. The van der Waals surface area contributed by atoms with Gasteiger partial charge in [0.15, 0.2) is 0 Å². The molecule has 0 aromatic heterocycles. The molecule has 0 unspecified atom stereocenters. The molecule has 0 radical (unpaired) electrons. The predicted molar refractivity (Wildman–Crippen MR) is 131 cm³/mol. The van der Waals surface area contributed by atoms with Crippen molar-refractivity contribution in [2.45, 2.75) is 83.1 Å². The van der Waals surface area contributed by atoms with Crippen molar-refractivity contribution in [1.29, 1.82) is 0 Å². The Kier molecular flexibility index (Phi) is 7.27. The molecule has 2 fully saturated rings. The molecular formula is C27H36BNO4. The van der Waals surface area contributed by atoms with Crippen molar-refractivity contribution in [3.8, 4) is 0 Å². The first-order valence-electron chi connectivity index (χ1n) is 12.2. The van der Waals surface area contributed by atoms with E-state index < -0.39 is 6.04 Å². The van der Waals surface area contributed by atoms with E-state index in [1.54, 1.807) is 0 Å². The minimum absolute atomic E-state index is 0.0575. The Hall–Kier alpha value is -2.15. The molecule has 5 nitrogen and oxygen atoms in total. The van der Waals surface area contributed by atoms with Crippen LogP contribution in [0.1, 0.15) is 70.5 Å². The molecule has 1 heterocycles. The third kappa shape index (κ3) is 5.68. The molecule has 1 N–H and O–H groups in total. The molecule has 176 valence electrons. The molecule has 0 bridgehead atoms. The molecule has 1 aliphatic carbocycles. The lowest BCUT2D eigenvalue weighted by Gasteiger charge is -2.32. The molecule has 6 heteroatoms. The number of hydrogen-bond acceptors (Lipinski definition) is 5. The van der Waals surface area contributed by atoms with E-state index in [0.29, 0.717) is 6.54 Å². The lowest BCUT2D eigenvalue weighted by molar-refractivity contribution is -0.151. The van der Waals surface area contributed by atoms with Crippen molar-refractivity contribution >= 4 is 18.6 Å². The number of carbonyl (C=O) groups is 1. The molecule has 2 aromatic rings. The van der Waals surface area contributed by atoms with Crippen LogP contribution in [0, 0.1) is 0 Å². The number of esters is 1.